The molecule has 1 aromatic carbocycles. The molecule has 0 aliphatic carbocycles. The van der Waals surface area contributed by atoms with Crippen LogP contribution in [0.2, 0.25) is 10.0 Å². The van der Waals surface area contributed by atoms with Gasteiger partial charge in [-0.25, -0.2) is 0 Å². The van der Waals surface area contributed by atoms with Gasteiger partial charge >= 0.3 is 0 Å². The molecule has 1 fully saturated rings. The van der Waals surface area contributed by atoms with Crippen molar-refractivity contribution in [3.63, 3.8) is 0 Å². The molecule has 120 valence electrons. The molecule has 1 saturated heterocycles. The van der Waals surface area contributed by atoms with Crippen molar-refractivity contribution in [1.29, 1.82) is 0 Å². The summed E-state index contributed by atoms with van der Waals surface area (Å²) in [7, 11) is 0. The molecule has 2 rings (SSSR count). The molecule has 4 nitrogen and oxygen atoms in total. The minimum Gasteiger partial charge on any atom is -0.342 e. The Labute approximate surface area is 140 Å². The average Bonchev–Trinajstić information content (AvgIpc) is 2.51. The van der Waals surface area contributed by atoms with E-state index >= 15 is 0 Å². The summed E-state index contributed by atoms with van der Waals surface area (Å²) in [6.07, 6.45) is 3.11. The van der Waals surface area contributed by atoms with Crippen LogP contribution in [0.5, 0.6) is 0 Å². The van der Waals surface area contributed by atoms with Gasteiger partial charge in [-0.1, -0.05) is 23.2 Å². The minimum atomic E-state index is -1.15. The summed E-state index contributed by atoms with van der Waals surface area (Å²) in [5.74, 6) is -0.532. The molecule has 22 heavy (non-hydrogen) atoms. The number of hydrogen-bond acceptors (Lipinski definition) is 2. The van der Waals surface area contributed by atoms with E-state index in [0.717, 1.165) is 19.3 Å². The Morgan fingerprint density at radius 2 is 1.77 bits per heavy atom. The maximum atomic E-state index is 12.6. The van der Waals surface area contributed by atoms with Crippen molar-refractivity contribution in [1.82, 2.24) is 4.90 Å². The Balaban J connectivity index is 2.12. The largest absolute Gasteiger partial charge is 0.342 e. The van der Waals surface area contributed by atoms with Crippen molar-refractivity contribution in [2.45, 2.75) is 33.1 Å². The van der Waals surface area contributed by atoms with Crippen LogP contribution in [0.25, 0.3) is 0 Å². The van der Waals surface area contributed by atoms with Gasteiger partial charge in [0.25, 0.3) is 0 Å². The highest BCUT2D eigenvalue weighted by Gasteiger charge is 2.39. The van der Waals surface area contributed by atoms with Gasteiger partial charge in [0.2, 0.25) is 11.8 Å². The van der Waals surface area contributed by atoms with E-state index in [1.54, 1.807) is 36.9 Å². The molecule has 1 heterocycles. The quantitative estimate of drug-likeness (QED) is 0.845. The summed E-state index contributed by atoms with van der Waals surface area (Å²) in [5, 5.41) is 3.57. The van der Waals surface area contributed by atoms with Crippen molar-refractivity contribution in [3.05, 3.63) is 28.2 Å². The number of amides is 2. The van der Waals surface area contributed by atoms with Crippen molar-refractivity contribution in [2.75, 3.05) is 18.4 Å². The first kappa shape index (κ1) is 17.1. The molecular weight excluding hydrogens is 323 g/mol. The van der Waals surface area contributed by atoms with Crippen LogP contribution in [0.3, 0.4) is 0 Å². The van der Waals surface area contributed by atoms with Crippen molar-refractivity contribution < 1.29 is 9.59 Å². The van der Waals surface area contributed by atoms with Crippen LogP contribution in [0.1, 0.15) is 33.1 Å². The van der Waals surface area contributed by atoms with E-state index in [0.29, 0.717) is 28.8 Å². The molecule has 0 spiro atoms. The third-order valence-corrected chi connectivity index (χ3v) is 4.49. The Bertz CT molecular complexity index is 582. The maximum Gasteiger partial charge on any atom is 0.239 e. The van der Waals surface area contributed by atoms with Gasteiger partial charge < -0.3 is 10.2 Å². The van der Waals surface area contributed by atoms with E-state index in [-0.39, 0.29) is 11.8 Å². The normalized spacial score (nSPS) is 15.5. The molecule has 2 amide bonds. The molecule has 1 aromatic rings. The van der Waals surface area contributed by atoms with Crippen molar-refractivity contribution in [3.8, 4) is 0 Å². The molecule has 1 N–H and O–H groups in total. The van der Waals surface area contributed by atoms with Gasteiger partial charge in [0.15, 0.2) is 0 Å². The topological polar surface area (TPSA) is 49.4 Å². The molecule has 1 aliphatic rings. The summed E-state index contributed by atoms with van der Waals surface area (Å²) >= 11 is 12.0. The van der Waals surface area contributed by atoms with E-state index in [9.17, 15) is 9.59 Å². The van der Waals surface area contributed by atoms with E-state index in [1.807, 2.05) is 0 Å². The van der Waals surface area contributed by atoms with Gasteiger partial charge in [-0.05, 0) is 51.3 Å². The maximum absolute atomic E-state index is 12.6. The van der Waals surface area contributed by atoms with Crippen molar-refractivity contribution in [2.24, 2.45) is 5.41 Å². The summed E-state index contributed by atoms with van der Waals surface area (Å²) in [4.78, 5) is 26.9. The lowest BCUT2D eigenvalue weighted by Crippen LogP contribution is -2.49. The number of piperidine rings is 1. The second-order valence-corrected chi connectivity index (χ2v) is 6.90. The zero-order chi connectivity index (χ0) is 16.3. The smallest absolute Gasteiger partial charge is 0.239 e. The highest BCUT2D eigenvalue weighted by Crippen LogP contribution is 2.29. The zero-order valence-corrected chi connectivity index (χ0v) is 14.3. The van der Waals surface area contributed by atoms with Crippen LogP contribution in [-0.2, 0) is 9.59 Å². The molecule has 0 radical (unpaired) electrons. The summed E-state index contributed by atoms with van der Waals surface area (Å²) in [6.45, 7) is 4.70. The number of likely N-dealkylation sites (tertiary alicyclic amines) is 1. The predicted octanol–water partition coefficient (Wildman–Crippen LogP) is 3.97. The number of hydrogen-bond donors (Lipinski definition) is 1. The fraction of sp³-hybridized carbons (Fsp3) is 0.500. The lowest BCUT2D eigenvalue weighted by Gasteiger charge is -2.33. The average molecular weight is 343 g/mol. The van der Waals surface area contributed by atoms with Crippen LogP contribution in [0.4, 0.5) is 5.69 Å². The third-order valence-electron chi connectivity index (χ3n) is 3.92. The van der Waals surface area contributed by atoms with E-state index in [1.165, 1.54) is 0 Å². The molecule has 0 bridgehead atoms. The highest BCUT2D eigenvalue weighted by atomic mass is 35.5. The molecule has 0 unspecified atom stereocenters. The third kappa shape index (κ3) is 3.73. The number of nitrogens with one attached hydrogen (secondary N) is 1. The van der Waals surface area contributed by atoms with Gasteiger partial charge in [-0.15, -0.1) is 0 Å². The van der Waals surface area contributed by atoms with Gasteiger partial charge in [0.05, 0.1) is 10.7 Å². The van der Waals surface area contributed by atoms with E-state index < -0.39 is 5.41 Å². The molecule has 1 aliphatic heterocycles. The number of benzene rings is 1. The lowest BCUT2D eigenvalue weighted by atomic mass is 9.89. The Morgan fingerprint density at radius 3 is 2.41 bits per heavy atom. The number of carbonyl (C=O) groups excluding carboxylic acids is 2. The SMILES string of the molecule is CC(C)(C(=O)Nc1cc(Cl)ccc1Cl)C(=O)N1CCCCC1. The molecule has 0 atom stereocenters. The fourth-order valence-corrected chi connectivity index (χ4v) is 2.80. The first-order chi connectivity index (χ1) is 10.3. The van der Waals surface area contributed by atoms with E-state index in [2.05, 4.69) is 5.32 Å². The molecule has 0 aromatic heterocycles. The second-order valence-electron chi connectivity index (χ2n) is 6.06. The number of carbonyl (C=O) groups is 2. The first-order valence-electron chi connectivity index (χ1n) is 7.38. The van der Waals surface area contributed by atoms with Gasteiger partial charge in [0.1, 0.15) is 5.41 Å². The molecule has 0 saturated carbocycles. The summed E-state index contributed by atoms with van der Waals surface area (Å²) in [6, 6.07) is 4.83. The summed E-state index contributed by atoms with van der Waals surface area (Å²) < 4.78 is 0. The highest BCUT2D eigenvalue weighted by molar-refractivity contribution is 6.35. The predicted molar refractivity (Wildman–Crippen MR) is 89.3 cm³/mol. The number of rotatable bonds is 3. The Morgan fingerprint density at radius 1 is 1.14 bits per heavy atom. The first-order valence-corrected chi connectivity index (χ1v) is 8.14. The standard InChI is InChI=1S/C16H20Cl2N2O2/c1-16(2,15(22)20-8-4-3-5-9-20)14(21)19-13-10-11(17)6-7-12(13)18/h6-7,10H,3-5,8-9H2,1-2H3,(H,19,21). The lowest BCUT2D eigenvalue weighted by molar-refractivity contribution is -0.147. The van der Waals surface area contributed by atoms with Gasteiger partial charge in [-0.2, -0.15) is 0 Å². The Kier molecular flexibility index (Phi) is 5.35. The summed E-state index contributed by atoms with van der Waals surface area (Å²) in [5.41, 5.74) is -0.734. The monoisotopic (exact) mass is 342 g/mol. The number of nitrogens with zero attached hydrogens (tertiary/aromatic N) is 1. The van der Waals surface area contributed by atoms with Crippen molar-refractivity contribution >= 4 is 40.7 Å². The molecular formula is C16H20Cl2N2O2. The van der Waals surface area contributed by atoms with Crippen LogP contribution < -0.4 is 5.32 Å². The number of halogens is 2. The Hall–Kier alpha value is -1.26. The van der Waals surface area contributed by atoms with Crippen LogP contribution in [0, 0.1) is 5.41 Å². The number of anilines is 1. The van der Waals surface area contributed by atoms with Crippen LogP contribution >= 0.6 is 23.2 Å². The van der Waals surface area contributed by atoms with Crippen LogP contribution in [0.15, 0.2) is 18.2 Å². The minimum absolute atomic E-state index is 0.150. The second kappa shape index (κ2) is 6.88. The zero-order valence-electron chi connectivity index (χ0n) is 12.8. The van der Waals surface area contributed by atoms with Crippen LogP contribution in [-0.4, -0.2) is 29.8 Å². The van der Waals surface area contributed by atoms with E-state index in [4.69, 9.17) is 23.2 Å². The fourth-order valence-electron chi connectivity index (χ4n) is 2.46. The van der Waals surface area contributed by atoms with Gasteiger partial charge in [-0.3, -0.25) is 9.59 Å². The molecule has 6 heteroatoms. The van der Waals surface area contributed by atoms with Gasteiger partial charge in [0, 0.05) is 18.1 Å².